The number of nitrogens with one attached hydrogen (secondary N) is 3. The van der Waals surface area contributed by atoms with E-state index >= 15 is 0 Å². The Morgan fingerprint density at radius 3 is 2.61 bits per heavy atom. The minimum Gasteiger partial charge on any atom is -0.389 e. The summed E-state index contributed by atoms with van der Waals surface area (Å²) < 4.78 is 0. The van der Waals surface area contributed by atoms with Gasteiger partial charge in [-0.05, 0) is 69.2 Å². The van der Waals surface area contributed by atoms with Gasteiger partial charge in [0.1, 0.15) is 12.1 Å². The summed E-state index contributed by atoms with van der Waals surface area (Å²) in [7, 11) is 0. The lowest BCUT2D eigenvalue weighted by Crippen LogP contribution is -2.55. The summed E-state index contributed by atoms with van der Waals surface area (Å²) in [6, 6.07) is 4.93. The summed E-state index contributed by atoms with van der Waals surface area (Å²) in [5.74, 6) is -0.546. The van der Waals surface area contributed by atoms with Crippen LogP contribution < -0.4 is 16.0 Å². The van der Waals surface area contributed by atoms with Crippen LogP contribution in [0, 0.1) is 5.41 Å². The molecule has 210 valence electrons. The molecule has 1 aromatic carbocycles. The molecule has 1 fully saturated rings. The molecule has 38 heavy (non-hydrogen) atoms. The summed E-state index contributed by atoms with van der Waals surface area (Å²) in [6.07, 6.45) is 8.70. The molecule has 1 unspecified atom stereocenters. The second kappa shape index (κ2) is 12.9. The highest BCUT2D eigenvalue weighted by molar-refractivity contribution is 5.93. The molecule has 2 aliphatic rings. The number of amides is 3. The van der Waals surface area contributed by atoms with Crippen molar-refractivity contribution in [2.24, 2.45) is 5.41 Å². The summed E-state index contributed by atoms with van der Waals surface area (Å²) in [5.41, 5.74) is 2.10. The number of hydrogen-bond donors (Lipinski definition) is 4. The zero-order valence-electron chi connectivity index (χ0n) is 23.7. The van der Waals surface area contributed by atoms with E-state index in [0.717, 1.165) is 24.8 Å². The third-order valence-corrected chi connectivity index (χ3v) is 7.00. The predicted octanol–water partition coefficient (Wildman–Crippen LogP) is 2.58. The zero-order chi connectivity index (χ0) is 27.9. The van der Waals surface area contributed by atoms with Crippen LogP contribution in [0.15, 0.2) is 24.3 Å². The van der Waals surface area contributed by atoms with E-state index in [2.05, 4.69) is 40.2 Å². The molecule has 0 aromatic heterocycles. The molecule has 1 saturated heterocycles. The standard InChI is InChI=1S/C30H46N4O4/c1-29(2,3)28(37)34-17-8-12-25(34)27(36)33-24(26(35)32-16-9-15-31-20-30(4,5)38)19-21-13-14-22-10-6-7-11-23(22)18-21/h6,10,13-14,18,24-25,31,38H,7-9,11-12,15-17,19-20H2,1-5H3,(H,32,35)(H,33,36)/t24-,25?/m1/s1. The van der Waals surface area contributed by atoms with Gasteiger partial charge in [0, 0.05) is 31.5 Å². The Bertz CT molecular complexity index is 1020. The van der Waals surface area contributed by atoms with Gasteiger partial charge in [-0.25, -0.2) is 0 Å². The van der Waals surface area contributed by atoms with Gasteiger partial charge in [0.2, 0.25) is 17.7 Å². The number of nitrogens with zero attached hydrogens (tertiary/aromatic N) is 1. The van der Waals surface area contributed by atoms with E-state index in [9.17, 15) is 19.5 Å². The van der Waals surface area contributed by atoms with Gasteiger partial charge in [-0.1, -0.05) is 51.1 Å². The quantitative estimate of drug-likeness (QED) is 0.331. The minimum absolute atomic E-state index is 0.0440. The number of aliphatic hydroxyl groups is 1. The van der Waals surface area contributed by atoms with E-state index in [0.29, 0.717) is 45.4 Å². The largest absolute Gasteiger partial charge is 0.389 e. The Morgan fingerprint density at radius 2 is 1.89 bits per heavy atom. The second-order valence-electron chi connectivity index (χ2n) is 12.3. The lowest BCUT2D eigenvalue weighted by atomic mass is 9.93. The van der Waals surface area contributed by atoms with Gasteiger partial charge >= 0.3 is 0 Å². The Labute approximate surface area is 227 Å². The average molecular weight is 527 g/mol. The summed E-state index contributed by atoms with van der Waals surface area (Å²) >= 11 is 0. The van der Waals surface area contributed by atoms with Crippen molar-refractivity contribution in [3.8, 4) is 0 Å². The first-order valence-corrected chi connectivity index (χ1v) is 14.0. The molecular weight excluding hydrogens is 480 g/mol. The van der Waals surface area contributed by atoms with E-state index in [1.54, 1.807) is 18.7 Å². The van der Waals surface area contributed by atoms with Gasteiger partial charge in [0.05, 0.1) is 5.60 Å². The fraction of sp³-hybridized carbons (Fsp3) is 0.633. The molecule has 3 rings (SSSR count). The zero-order valence-corrected chi connectivity index (χ0v) is 23.7. The Kier molecular flexibility index (Phi) is 10.1. The fourth-order valence-corrected chi connectivity index (χ4v) is 4.98. The number of fused-ring (bicyclic) bond motifs is 1. The van der Waals surface area contributed by atoms with Crippen LogP contribution in [0.5, 0.6) is 0 Å². The van der Waals surface area contributed by atoms with Crippen LogP contribution in [-0.2, 0) is 27.2 Å². The fourth-order valence-electron chi connectivity index (χ4n) is 4.98. The van der Waals surface area contributed by atoms with Gasteiger partial charge in [0.25, 0.3) is 0 Å². The number of rotatable bonds is 11. The first-order valence-electron chi connectivity index (χ1n) is 14.0. The first-order chi connectivity index (χ1) is 17.8. The van der Waals surface area contributed by atoms with Gasteiger partial charge in [-0.15, -0.1) is 0 Å². The van der Waals surface area contributed by atoms with E-state index in [4.69, 9.17) is 0 Å². The Balaban J connectivity index is 1.67. The molecule has 1 aliphatic heterocycles. The van der Waals surface area contributed by atoms with Crippen molar-refractivity contribution in [2.75, 3.05) is 26.2 Å². The van der Waals surface area contributed by atoms with Crippen molar-refractivity contribution in [3.63, 3.8) is 0 Å². The monoisotopic (exact) mass is 526 g/mol. The molecule has 1 aromatic rings. The second-order valence-corrected chi connectivity index (χ2v) is 12.3. The maximum atomic E-state index is 13.4. The number of benzene rings is 1. The molecule has 8 heteroatoms. The molecule has 8 nitrogen and oxygen atoms in total. The van der Waals surface area contributed by atoms with Crippen LogP contribution in [0.3, 0.4) is 0 Å². The van der Waals surface area contributed by atoms with Crippen LogP contribution in [0.25, 0.3) is 6.08 Å². The molecule has 0 spiro atoms. The Morgan fingerprint density at radius 1 is 1.13 bits per heavy atom. The molecule has 0 bridgehead atoms. The van der Waals surface area contributed by atoms with Gasteiger partial charge in [-0.2, -0.15) is 0 Å². The van der Waals surface area contributed by atoms with Crippen molar-refractivity contribution in [2.45, 2.75) is 90.8 Å². The molecule has 2 atom stereocenters. The van der Waals surface area contributed by atoms with Crippen molar-refractivity contribution in [1.82, 2.24) is 20.9 Å². The first kappa shape index (κ1) is 29.8. The molecule has 0 saturated carbocycles. The summed E-state index contributed by atoms with van der Waals surface area (Å²) in [4.78, 5) is 41.3. The van der Waals surface area contributed by atoms with E-state index in [1.165, 1.54) is 11.1 Å². The van der Waals surface area contributed by atoms with Crippen molar-refractivity contribution < 1.29 is 19.5 Å². The molecule has 1 heterocycles. The maximum Gasteiger partial charge on any atom is 0.243 e. The normalized spacial score (nSPS) is 18.2. The molecule has 0 radical (unpaired) electrons. The number of carbonyl (C=O) groups excluding carboxylic acids is 3. The number of hydrogen-bond acceptors (Lipinski definition) is 5. The third-order valence-electron chi connectivity index (χ3n) is 7.00. The predicted molar refractivity (Wildman–Crippen MR) is 150 cm³/mol. The third kappa shape index (κ3) is 8.67. The lowest BCUT2D eigenvalue weighted by molar-refractivity contribution is -0.145. The van der Waals surface area contributed by atoms with Gasteiger partial charge in [-0.3, -0.25) is 14.4 Å². The van der Waals surface area contributed by atoms with Crippen LogP contribution in [0.4, 0.5) is 0 Å². The number of carbonyl (C=O) groups is 3. The lowest BCUT2D eigenvalue weighted by Gasteiger charge is -2.31. The highest BCUT2D eigenvalue weighted by atomic mass is 16.3. The van der Waals surface area contributed by atoms with Crippen LogP contribution in [0.2, 0.25) is 0 Å². The van der Waals surface area contributed by atoms with Crippen LogP contribution in [-0.4, -0.2) is 71.6 Å². The topological polar surface area (TPSA) is 111 Å². The smallest absolute Gasteiger partial charge is 0.243 e. The SMILES string of the molecule is CC(C)(O)CNCCCNC(=O)[C@@H](Cc1ccc2c(c1)CCC=C2)NC(=O)C1CCCN1C(=O)C(C)(C)C. The summed E-state index contributed by atoms with van der Waals surface area (Å²) in [5, 5.41) is 19.0. The number of likely N-dealkylation sites (tertiary alicyclic amines) is 1. The van der Waals surface area contributed by atoms with Crippen molar-refractivity contribution >= 4 is 23.8 Å². The van der Waals surface area contributed by atoms with Gasteiger partial charge < -0.3 is 26.0 Å². The van der Waals surface area contributed by atoms with Crippen LogP contribution >= 0.6 is 0 Å². The molecule has 3 amide bonds. The molecular formula is C30H46N4O4. The maximum absolute atomic E-state index is 13.4. The van der Waals surface area contributed by atoms with Gasteiger partial charge in [0.15, 0.2) is 0 Å². The number of aryl methyl sites for hydroxylation is 1. The average Bonchev–Trinajstić information content (AvgIpc) is 3.33. The Hall–Kier alpha value is -2.71. The summed E-state index contributed by atoms with van der Waals surface area (Å²) in [6.45, 7) is 11.2. The highest BCUT2D eigenvalue weighted by Crippen LogP contribution is 2.26. The highest BCUT2D eigenvalue weighted by Gasteiger charge is 2.39. The van der Waals surface area contributed by atoms with Crippen LogP contribution in [0.1, 0.15) is 77.0 Å². The molecule has 1 aliphatic carbocycles. The van der Waals surface area contributed by atoms with Crippen molar-refractivity contribution in [1.29, 1.82) is 0 Å². The van der Waals surface area contributed by atoms with Crippen molar-refractivity contribution in [3.05, 3.63) is 41.0 Å². The molecule has 4 N–H and O–H groups in total. The van der Waals surface area contributed by atoms with E-state index < -0.39 is 23.1 Å². The van der Waals surface area contributed by atoms with E-state index in [1.807, 2.05) is 26.8 Å². The minimum atomic E-state index is -0.786. The van der Waals surface area contributed by atoms with E-state index in [-0.39, 0.29) is 17.7 Å². The number of allylic oxidation sites excluding steroid dienone is 1.